The van der Waals surface area contributed by atoms with E-state index in [9.17, 15) is 9.18 Å². The van der Waals surface area contributed by atoms with Crippen molar-refractivity contribution in [1.29, 1.82) is 0 Å². The highest BCUT2D eigenvalue weighted by Gasteiger charge is 2.04. The Morgan fingerprint density at radius 3 is 2.26 bits per heavy atom. The van der Waals surface area contributed by atoms with Gasteiger partial charge in [-0.3, -0.25) is 0 Å². The molecule has 0 saturated heterocycles. The van der Waals surface area contributed by atoms with Crippen molar-refractivity contribution in [2.75, 3.05) is 17.7 Å². The smallest absolute Gasteiger partial charge is 0.323 e. The Hall–Kier alpha value is -2.70. The number of urea groups is 1. The molecule has 0 aliphatic carbocycles. The first-order valence-corrected chi connectivity index (χ1v) is 5.37. The Kier molecular flexibility index (Phi) is 3.87. The number of carbonyl (C=O) groups excluding carboxylic acids is 1. The van der Waals surface area contributed by atoms with Gasteiger partial charge in [-0.1, -0.05) is 0 Å². The van der Waals surface area contributed by atoms with Crippen molar-refractivity contribution in [3.05, 3.63) is 42.5 Å². The fraction of sp³-hybridized carbons (Fsp3) is 0.0833. The molecular weight excluding hydrogens is 251 g/mol. The molecule has 0 aliphatic heterocycles. The molecule has 0 saturated carbocycles. The molecule has 7 heteroatoms. The first-order valence-electron chi connectivity index (χ1n) is 5.37. The summed E-state index contributed by atoms with van der Waals surface area (Å²) < 4.78 is 17.5. The molecule has 1 heterocycles. The largest absolute Gasteiger partial charge is 0.467 e. The summed E-state index contributed by atoms with van der Waals surface area (Å²) in [4.78, 5) is 19.3. The van der Waals surface area contributed by atoms with Crippen LogP contribution in [0.1, 0.15) is 0 Å². The molecule has 0 spiro atoms. The van der Waals surface area contributed by atoms with Crippen LogP contribution >= 0.6 is 0 Å². The van der Waals surface area contributed by atoms with Crippen LogP contribution in [0.3, 0.4) is 0 Å². The van der Waals surface area contributed by atoms with Crippen molar-refractivity contribution in [2.45, 2.75) is 0 Å². The number of nitrogens with zero attached hydrogens (tertiary/aromatic N) is 2. The molecule has 0 unspecified atom stereocenters. The number of hydrogen-bond donors (Lipinski definition) is 2. The fourth-order valence-electron chi connectivity index (χ4n) is 1.31. The van der Waals surface area contributed by atoms with E-state index in [0.29, 0.717) is 11.4 Å². The maximum atomic E-state index is 12.7. The number of nitrogens with one attached hydrogen (secondary N) is 2. The topological polar surface area (TPSA) is 76.1 Å². The fourth-order valence-corrected chi connectivity index (χ4v) is 1.31. The van der Waals surface area contributed by atoms with Crippen LogP contribution < -0.4 is 15.4 Å². The molecule has 2 amide bonds. The van der Waals surface area contributed by atoms with E-state index < -0.39 is 6.03 Å². The Bertz CT molecular complexity index is 557. The lowest BCUT2D eigenvalue weighted by molar-refractivity contribution is 0.262. The first kappa shape index (κ1) is 12.7. The molecule has 2 N–H and O–H groups in total. The Morgan fingerprint density at radius 2 is 1.68 bits per heavy atom. The van der Waals surface area contributed by atoms with Gasteiger partial charge in [-0.2, -0.15) is 0 Å². The van der Waals surface area contributed by atoms with Gasteiger partial charge in [0.05, 0.1) is 25.2 Å². The van der Waals surface area contributed by atoms with Gasteiger partial charge in [0.15, 0.2) is 0 Å². The minimum Gasteiger partial charge on any atom is -0.467 e. The standard InChI is InChI=1S/C12H11FN4O2/c1-19-12-14-6-10(7-15-12)17-11(18)16-9-4-2-8(13)3-5-9/h2-7H,1H3,(H2,16,17,18). The molecule has 2 aromatic rings. The van der Waals surface area contributed by atoms with Crippen LogP contribution in [0.2, 0.25) is 0 Å². The minimum atomic E-state index is -0.472. The molecule has 1 aromatic heterocycles. The molecule has 0 fully saturated rings. The van der Waals surface area contributed by atoms with Crippen molar-refractivity contribution in [3.63, 3.8) is 0 Å². The van der Waals surface area contributed by atoms with Gasteiger partial charge in [-0.05, 0) is 24.3 Å². The number of rotatable bonds is 3. The molecule has 98 valence electrons. The quantitative estimate of drug-likeness (QED) is 0.889. The number of ether oxygens (including phenoxy) is 1. The highest BCUT2D eigenvalue weighted by molar-refractivity contribution is 5.99. The molecule has 0 bridgehead atoms. The van der Waals surface area contributed by atoms with Crippen LogP contribution in [0.5, 0.6) is 6.01 Å². The summed E-state index contributed by atoms with van der Waals surface area (Å²) in [5.74, 6) is -0.366. The molecule has 0 aliphatic rings. The number of anilines is 2. The predicted octanol–water partition coefficient (Wildman–Crippen LogP) is 2.27. The van der Waals surface area contributed by atoms with Gasteiger partial charge in [0.1, 0.15) is 5.82 Å². The van der Waals surface area contributed by atoms with Gasteiger partial charge >= 0.3 is 12.0 Å². The number of hydrogen-bond acceptors (Lipinski definition) is 4. The van der Waals surface area contributed by atoms with Gasteiger partial charge in [0.2, 0.25) is 0 Å². The van der Waals surface area contributed by atoms with Gasteiger partial charge < -0.3 is 15.4 Å². The summed E-state index contributed by atoms with van der Waals surface area (Å²) in [6.45, 7) is 0. The van der Waals surface area contributed by atoms with Crippen LogP contribution in [0.25, 0.3) is 0 Å². The zero-order valence-electron chi connectivity index (χ0n) is 10.1. The van der Waals surface area contributed by atoms with E-state index in [-0.39, 0.29) is 11.8 Å². The number of methoxy groups -OCH3 is 1. The van der Waals surface area contributed by atoms with Crippen molar-refractivity contribution in [3.8, 4) is 6.01 Å². The van der Waals surface area contributed by atoms with Crippen LogP contribution in [0, 0.1) is 5.82 Å². The number of benzene rings is 1. The molecule has 2 rings (SSSR count). The maximum absolute atomic E-state index is 12.7. The Balaban J connectivity index is 1.95. The summed E-state index contributed by atoms with van der Waals surface area (Å²) in [5.41, 5.74) is 0.897. The molecule has 6 nitrogen and oxygen atoms in total. The predicted molar refractivity (Wildman–Crippen MR) is 67.6 cm³/mol. The molecule has 1 aromatic carbocycles. The van der Waals surface area contributed by atoms with Crippen LogP contribution in [0.15, 0.2) is 36.7 Å². The van der Waals surface area contributed by atoms with Crippen molar-refractivity contribution in [2.24, 2.45) is 0 Å². The van der Waals surface area contributed by atoms with E-state index in [4.69, 9.17) is 4.74 Å². The second kappa shape index (κ2) is 5.76. The highest BCUT2D eigenvalue weighted by Crippen LogP contribution is 2.10. The molecule has 19 heavy (non-hydrogen) atoms. The lowest BCUT2D eigenvalue weighted by Gasteiger charge is -2.07. The lowest BCUT2D eigenvalue weighted by atomic mass is 10.3. The average Bonchev–Trinajstić information content (AvgIpc) is 2.42. The zero-order chi connectivity index (χ0) is 13.7. The van der Waals surface area contributed by atoms with E-state index in [2.05, 4.69) is 20.6 Å². The van der Waals surface area contributed by atoms with Gasteiger partial charge in [-0.15, -0.1) is 0 Å². The normalized spacial score (nSPS) is 9.79. The first-order chi connectivity index (χ1) is 9.17. The third-order valence-corrected chi connectivity index (χ3v) is 2.17. The van der Waals surface area contributed by atoms with Crippen LogP contribution in [0.4, 0.5) is 20.6 Å². The highest BCUT2D eigenvalue weighted by atomic mass is 19.1. The molecule has 0 atom stereocenters. The Labute approximate surface area is 108 Å². The second-order valence-corrected chi connectivity index (χ2v) is 3.54. The zero-order valence-corrected chi connectivity index (χ0v) is 10.1. The number of amides is 2. The van der Waals surface area contributed by atoms with Gasteiger partial charge in [0, 0.05) is 5.69 Å². The number of aromatic nitrogens is 2. The van der Waals surface area contributed by atoms with Crippen LogP contribution in [-0.4, -0.2) is 23.1 Å². The third-order valence-electron chi connectivity index (χ3n) is 2.17. The summed E-state index contributed by atoms with van der Waals surface area (Å²) in [6, 6.07) is 5.17. The Morgan fingerprint density at radius 1 is 1.11 bits per heavy atom. The molecule has 0 radical (unpaired) electrons. The SMILES string of the molecule is COc1ncc(NC(=O)Nc2ccc(F)cc2)cn1. The van der Waals surface area contributed by atoms with Crippen molar-refractivity contribution < 1.29 is 13.9 Å². The van der Waals surface area contributed by atoms with E-state index >= 15 is 0 Å². The maximum Gasteiger partial charge on any atom is 0.323 e. The average molecular weight is 262 g/mol. The minimum absolute atomic E-state index is 0.212. The van der Waals surface area contributed by atoms with E-state index in [0.717, 1.165) is 0 Å². The summed E-state index contributed by atoms with van der Waals surface area (Å²) in [6.07, 6.45) is 2.83. The van der Waals surface area contributed by atoms with Crippen LogP contribution in [-0.2, 0) is 0 Å². The van der Waals surface area contributed by atoms with Gasteiger partial charge in [-0.25, -0.2) is 19.2 Å². The van der Waals surface area contributed by atoms with Crippen molar-refractivity contribution in [1.82, 2.24) is 9.97 Å². The van der Waals surface area contributed by atoms with E-state index in [1.807, 2.05) is 0 Å². The summed E-state index contributed by atoms with van der Waals surface area (Å²) in [7, 11) is 1.45. The summed E-state index contributed by atoms with van der Waals surface area (Å²) >= 11 is 0. The van der Waals surface area contributed by atoms with Crippen molar-refractivity contribution >= 4 is 17.4 Å². The second-order valence-electron chi connectivity index (χ2n) is 3.54. The third kappa shape index (κ3) is 3.63. The number of halogens is 1. The number of carbonyl (C=O) groups is 1. The van der Waals surface area contributed by atoms with E-state index in [1.165, 1.54) is 43.8 Å². The molecular formula is C12H11FN4O2. The van der Waals surface area contributed by atoms with E-state index in [1.54, 1.807) is 0 Å². The monoisotopic (exact) mass is 262 g/mol. The van der Waals surface area contributed by atoms with Gasteiger partial charge in [0.25, 0.3) is 0 Å². The summed E-state index contributed by atoms with van der Waals surface area (Å²) in [5, 5.41) is 5.07. The lowest BCUT2D eigenvalue weighted by Crippen LogP contribution is -2.19.